The van der Waals surface area contributed by atoms with Gasteiger partial charge in [0, 0.05) is 24.4 Å². The second-order valence-electron chi connectivity index (χ2n) is 4.79. The highest BCUT2D eigenvalue weighted by Gasteiger charge is 2.24. The van der Waals surface area contributed by atoms with Crippen LogP contribution in [0.2, 0.25) is 0 Å². The first-order chi connectivity index (χ1) is 10.2. The molecule has 22 heavy (non-hydrogen) atoms. The number of nitrogens with zero attached hydrogens (tertiary/aromatic N) is 3. The van der Waals surface area contributed by atoms with Crippen LogP contribution in [0.3, 0.4) is 0 Å². The van der Waals surface area contributed by atoms with Gasteiger partial charge in [-0.05, 0) is 6.92 Å². The summed E-state index contributed by atoms with van der Waals surface area (Å²) in [6.45, 7) is 6.74. The number of aromatic nitrogens is 3. The molecule has 1 amide bonds. The van der Waals surface area contributed by atoms with Crippen LogP contribution < -0.4 is 10.0 Å². The van der Waals surface area contributed by atoms with Gasteiger partial charge in [-0.3, -0.25) is 9.52 Å². The van der Waals surface area contributed by atoms with Crippen molar-refractivity contribution in [2.75, 3.05) is 10.0 Å². The van der Waals surface area contributed by atoms with Gasteiger partial charge < -0.3 is 5.32 Å². The Balaban J connectivity index is 2.26. The molecule has 2 aromatic heterocycles. The van der Waals surface area contributed by atoms with Crippen LogP contribution in [0.15, 0.2) is 4.21 Å². The van der Waals surface area contributed by atoms with E-state index >= 15 is 0 Å². The maximum atomic E-state index is 12.4. The van der Waals surface area contributed by atoms with Crippen molar-refractivity contribution in [2.24, 2.45) is 0 Å². The summed E-state index contributed by atoms with van der Waals surface area (Å²) >= 11 is 1.88. The van der Waals surface area contributed by atoms with Crippen molar-refractivity contribution in [3.8, 4) is 0 Å². The molecule has 120 valence electrons. The lowest BCUT2D eigenvalue weighted by Crippen LogP contribution is -2.12. The van der Waals surface area contributed by atoms with Gasteiger partial charge in [-0.25, -0.2) is 18.4 Å². The van der Waals surface area contributed by atoms with Gasteiger partial charge in [0.05, 0.1) is 5.69 Å². The average Bonchev–Trinajstić information content (AvgIpc) is 2.95. The molecule has 0 saturated carbocycles. The zero-order chi connectivity index (χ0) is 16.5. The molecule has 11 heteroatoms. The standard InChI is InChI=1S/C11H15N5O3S3/c1-5(2)8-14-11(21-15-8)16-22(18,19)9-6(3)12-10(20-9)13-7(4)17/h5H,1-4H3,(H,12,13,17)(H,14,15,16). The van der Waals surface area contributed by atoms with E-state index < -0.39 is 10.0 Å². The number of rotatable bonds is 5. The van der Waals surface area contributed by atoms with Crippen LogP contribution in [0.1, 0.15) is 38.2 Å². The third-order valence-electron chi connectivity index (χ3n) is 2.46. The Bertz CT molecular complexity index is 794. The fraction of sp³-hybridized carbons (Fsp3) is 0.455. The van der Waals surface area contributed by atoms with Gasteiger partial charge in [-0.2, -0.15) is 4.37 Å². The highest BCUT2D eigenvalue weighted by atomic mass is 32.2. The van der Waals surface area contributed by atoms with E-state index in [1.807, 2.05) is 13.8 Å². The topological polar surface area (TPSA) is 114 Å². The van der Waals surface area contributed by atoms with Gasteiger partial charge in [0.1, 0.15) is 5.82 Å². The molecule has 2 aromatic rings. The Hall–Kier alpha value is -1.59. The highest BCUT2D eigenvalue weighted by Crippen LogP contribution is 2.29. The summed E-state index contributed by atoms with van der Waals surface area (Å²) in [7, 11) is -3.81. The molecular weight excluding hydrogens is 346 g/mol. The Morgan fingerprint density at radius 1 is 1.23 bits per heavy atom. The van der Waals surface area contributed by atoms with Crippen molar-refractivity contribution in [1.29, 1.82) is 0 Å². The summed E-state index contributed by atoms with van der Waals surface area (Å²) in [5, 5.41) is 2.92. The summed E-state index contributed by atoms with van der Waals surface area (Å²) < 4.78 is 31.3. The molecular formula is C11H15N5O3S3. The van der Waals surface area contributed by atoms with Crippen LogP contribution in [0.5, 0.6) is 0 Å². The minimum Gasteiger partial charge on any atom is -0.302 e. The molecule has 0 fully saturated rings. The van der Waals surface area contributed by atoms with E-state index in [1.165, 1.54) is 6.92 Å². The van der Waals surface area contributed by atoms with E-state index in [2.05, 4.69) is 24.4 Å². The van der Waals surface area contributed by atoms with E-state index in [1.54, 1.807) is 6.92 Å². The number of sulfonamides is 1. The second kappa shape index (κ2) is 6.26. The van der Waals surface area contributed by atoms with E-state index in [0.717, 1.165) is 22.9 Å². The molecule has 2 N–H and O–H groups in total. The van der Waals surface area contributed by atoms with Gasteiger partial charge in [-0.1, -0.05) is 25.2 Å². The quantitative estimate of drug-likeness (QED) is 0.844. The first kappa shape index (κ1) is 16.8. The van der Waals surface area contributed by atoms with Crippen LogP contribution >= 0.6 is 22.9 Å². The number of amides is 1. The van der Waals surface area contributed by atoms with E-state index in [4.69, 9.17) is 0 Å². The largest absolute Gasteiger partial charge is 0.302 e. The molecule has 0 atom stereocenters. The predicted molar refractivity (Wildman–Crippen MR) is 86.0 cm³/mol. The number of hydrogen-bond donors (Lipinski definition) is 2. The summed E-state index contributed by atoms with van der Waals surface area (Å²) in [5.41, 5.74) is 0.315. The summed E-state index contributed by atoms with van der Waals surface area (Å²) in [6, 6.07) is 0. The molecule has 0 spiro atoms. The van der Waals surface area contributed by atoms with Crippen LogP contribution in [0, 0.1) is 6.92 Å². The lowest BCUT2D eigenvalue weighted by Gasteiger charge is -2.02. The molecule has 0 aliphatic heterocycles. The number of anilines is 2. The normalized spacial score (nSPS) is 11.7. The highest BCUT2D eigenvalue weighted by molar-refractivity contribution is 7.95. The SMILES string of the molecule is CC(=O)Nc1nc(C)c(S(=O)(=O)Nc2nc(C(C)C)ns2)s1. The molecule has 0 aliphatic rings. The average molecular weight is 361 g/mol. The Labute approximate surface area is 136 Å². The third kappa shape index (κ3) is 3.78. The lowest BCUT2D eigenvalue weighted by atomic mass is 10.2. The Morgan fingerprint density at radius 3 is 2.45 bits per heavy atom. The monoisotopic (exact) mass is 361 g/mol. The lowest BCUT2D eigenvalue weighted by molar-refractivity contribution is -0.114. The van der Waals surface area contributed by atoms with E-state index in [9.17, 15) is 13.2 Å². The van der Waals surface area contributed by atoms with Crippen molar-refractivity contribution < 1.29 is 13.2 Å². The van der Waals surface area contributed by atoms with Gasteiger partial charge in [-0.15, -0.1) is 0 Å². The van der Waals surface area contributed by atoms with Crippen molar-refractivity contribution in [2.45, 2.75) is 37.8 Å². The van der Waals surface area contributed by atoms with Gasteiger partial charge >= 0.3 is 0 Å². The molecule has 0 unspecified atom stereocenters. The molecule has 0 bridgehead atoms. The molecule has 0 aromatic carbocycles. The van der Waals surface area contributed by atoms with Gasteiger partial charge in [0.25, 0.3) is 10.0 Å². The van der Waals surface area contributed by atoms with Crippen LogP contribution in [-0.2, 0) is 14.8 Å². The maximum Gasteiger partial charge on any atom is 0.275 e. The maximum absolute atomic E-state index is 12.4. The molecule has 0 aliphatic carbocycles. The molecule has 8 nitrogen and oxygen atoms in total. The van der Waals surface area contributed by atoms with E-state index in [0.29, 0.717) is 11.5 Å². The summed E-state index contributed by atoms with van der Waals surface area (Å²) in [6.07, 6.45) is 0. The number of nitrogens with one attached hydrogen (secondary N) is 2. The Kier molecular flexibility index (Phi) is 4.78. The molecule has 2 rings (SSSR count). The number of thiazole rings is 1. The second-order valence-corrected chi connectivity index (χ2v) is 8.42. The minimum atomic E-state index is -3.81. The van der Waals surface area contributed by atoms with Crippen molar-refractivity contribution >= 4 is 49.1 Å². The predicted octanol–water partition coefficient (Wildman–Crippen LogP) is 2.19. The first-order valence-electron chi connectivity index (χ1n) is 6.30. The van der Waals surface area contributed by atoms with Crippen LogP contribution in [-0.4, -0.2) is 28.7 Å². The van der Waals surface area contributed by atoms with Crippen molar-refractivity contribution in [3.05, 3.63) is 11.5 Å². The van der Waals surface area contributed by atoms with Crippen LogP contribution in [0.25, 0.3) is 0 Å². The summed E-state index contributed by atoms with van der Waals surface area (Å²) in [4.78, 5) is 19.2. The fourth-order valence-electron chi connectivity index (χ4n) is 1.51. The molecule has 0 radical (unpaired) electrons. The number of carbonyl (C=O) groups excluding carboxylic acids is 1. The Morgan fingerprint density at radius 2 is 1.91 bits per heavy atom. The van der Waals surface area contributed by atoms with Gasteiger partial charge in [0.15, 0.2) is 9.34 Å². The smallest absolute Gasteiger partial charge is 0.275 e. The number of hydrogen-bond acceptors (Lipinski definition) is 8. The molecule has 2 heterocycles. The zero-order valence-corrected chi connectivity index (χ0v) is 14.8. The van der Waals surface area contributed by atoms with Crippen molar-refractivity contribution in [3.63, 3.8) is 0 Å². The summed E-state index contributed by atoms with van der Waals surface area (Å²) in [5.74, 6) is 0.394. The molecule has 0 saturated heterocycles. The third-order valence-corrected chi connectivity index (χ3v) is 6.26. The zero-order valence-electron chi connectivity index (χ0n) is 12.4. The van der Waals surface area contributed by atoms with Gasteiger partial charge in [0.2, 0.25) is 11.0 Å². The number of carbonyl (C=O) groups is 1. The fourth-order valence-corrected chi connectivity index (χ4v) is 4.90. The van der Waals surface area contributed by atoms with Crippen molar-refractivity contribution in [1.82, 2.24) is 14.3 Å². The first-order valence-corrected chi connectivity index (χ1v) is 9.38. The van der Waals surface area contributed by atoms with Crippen LogP contribution in [0.4, 0.5) is 10.3 Å². The number of aryl methyl sites for hydroxylation is 1. The van der Waals surface area contributed by atoms with E-state index in [-0.39, 0.29) is 26.3 Å². The minimum absolute atomic E-state index is 0.0394.